The number of nitrogens with zero attached hydrogens (tertiary/aromatic N) is 2. The highest BCUT2D eigenvalue weighted by molar-refractivity contribution is 5.79. The second-order valence-electron chi connectivity index (χ2n) is 6.39. The van der Waals surface area contributed by atoms with Crippen molar-refractivity contribution in [1.82, 2.24) is 9.80 Å². The van der Waals surface area contributed by atoms with Crippen molar-refractivity contribution >= 4 is 11.8 Å². The van der Waals surface area contributed by atoms with E-state index < -0.39 is 0 Å². The van der Waals surface area contributed by atoms with Gasteiger partial charge in [-0.3, -0.25) is 9.59 Å². The molecule has 2 amide bonds. The predicted molar refractivity (Wildman–Crippen MR) is 74.1 cm³/mol. The lowest BCUT2D eigenvalue weighted by atomic mass is 9.88. The zero-order chi connectivity index (χ0) is 14.1. The highest BCUT2D eigenvalue weighted by Gasteiger charge is 2.44. The van der Waals surface area contributed by atoms with Gasteiger partial charge in [-0.15, -0.1) is 0 Å². The molecule has 3 rings (SSSR count). The quantitative estimate of drug-likeness (QED) is 0.759. The number of hydrogen-bond acceptors (Lipinski definition) is 3. The van der Waals surface area contributed by atoms with E-state index in [1.807, 2.05) is 9.80 Å². The molecule has 1 aliphatic carbocycles. The van der Waals surface area contributed by atoms with Crippen LogP contribution in [-0.2, 0) is 14.3 Å². The van der Waals surface area contributed by atoms with Crippen molar-refractivity contribution < 1.29 is 14.3 Å². The Balaban J connectivity index is 1.67. The first-order valence-corrected chi connectivity index (χ1v) is 7.81. The molecule has 5 heteroatoms. The number of hydrogen-bond donors (Lipinski definition) is 0. The van der Waals surface area contributed by atoms with Gasteiger partial charge in [0.15, 0.2) is 0 Å². The summed E-state index contributed by atoms with van der Waals surface area (Å²) in [5, 5.41) is 0. The molecule has 2 atom stereocenters. The number of carbonyl (C=O) groups is 2. The van der Waals surface area contributed by atoms with E-state index in [2.05, 4.69) is 0 Å². The lowest BCUT2D eigenvalue weighted by Gasteiger charge is -2.39. The fraction of sp³-hybridized carbons (Fsp3) is 0.867. The topological polar surface area (TPSA) is 49.9 Å². The van der Waals surface area contributed by atoms with Crippen molar-refractivity contribution in [2.24, 2.45) is 5.92 Å². The van der Waals surface area contributed by atoms with Crippen molar-refractivity contribution in [1.29, 1.82) is 0 Å². The molecular weight excluding hydrogens is 256 g/mol. The minimum atomic E-state index is 0.0141. The molecule has 3 aliphatic rings. The summed E-state index contributed by atoms with van der Waals surface area (Å²) in [6.45, 7) is 3.90. The first-order chi connectivity index (χ1) is 9.65. The summed E-state index contributed by atoms with van der Waals surface area (Å²) in [4.78, 5) is 27.5. The monoisotopic (exact) mass is 280 g/mol. The SMILES string of the molecule is CC(=O)N1CC2OCC(=O)N(CC3CCCCC3)C2C1. The zero-order valence-corrected chi connectivity index (χ0v) is 12.2. The Morgan fingerprint density at radius 1 is 1.25 bits per heavy atom. The molecule has 0 aromatic heterocycles. The van der Waals surface area contributed by atoms with Crippen molar-refractivity contribution in [2.45, 2.75) is 51.2 Å². The van der Waals surface area contributed by atoms with Crippen LogP contribution in [-0.4, -0.2) is 60.0 Å². The van der Waals surface area contributed by atoms with Crippen LogP contribution in [0.3, 0.4) is 0 Å². The molecule has 2 aliphatic heterocycles. The van der Waals surface area contributed by atoms with Gasteiger partial charge >= 0.3 is 0 Å². The van der Waals surface area contributed by atoms with Crippen molar-refractivity contribution in [2.75, 3.05) is 26.2 Å². The van der Waals surface area contributed by atoms with Gasteiger partial charge in [0.1, 0.15) is 6.61 Å². The molecule has 0 bridgehead atoms. The van der Waals surface area contributed by atoms with Crippen LogP contribution in [0.5, 0.6) is 0 Å². The summed E-state index contributed by atoms with van der Waals surface area (Å²) in [6.07, 6.45) is 6.39. The Morgan fingerprint density at radius 3 is 2.70 bits per heavy atom. The minimum absolute atomic E-state index is 0.0141. The largest absolute Gasteiger partial charge is 0.364 e. The standard InChI is InChI=1S/C15H24N2O3/c1-11(18)16-8-13-14(9-16)20-10-15(19)17(13)7-12-5-3-2-4-6-12/h12-14H,2-10H2,1H3. The summed E-state index contributed by atoms with van der Waals surface area (Å²) < 4.78 is 5.63. The van der Waals surface area contributed by atoms with E-state index in [0.29, 0.717) is 19.0 Å². The number of morpholine rings is 1. The van der Waals surface area contributed by atoms with E-state index in [1.54, 1.807) is 6.92 Å². The zero-order valence-electron chi connectivity index (χ0n) is 12.2. The maximum atomic E-state index is 12.2. The molecule has 0 aromatic rings. The van der Waals surface area contributed by atoms with Crippen LogP contribution >= 0.6 is 0 Å². The maximum absolute atomic E-state index is 12.2. The highest BCUT2D eigenvalue weighted by Crippen LogP contribution is 2.29. The molecule has 2 heterocycles. The van der Waals surface area contributed by atoms with Crippen LogP contribution in [0, 0.1) is 5.92 Å². The molecule has 0 aromatic carbocycles. The van der Waals surface area contributed by atoms with Gasteiger partial charge in [-0.25, -0.2) is 0 Å². The summed E-state index contributed by atoms with van der Waals surface area (Å²) in [5.74, 6) is 0.813. The number of rotatable bonds is 2. The average molecular weight is 280 g/mol. The van der Waals surface area contributed by atoms with Crippen LogP contribution in [0.4, 0.5) is 0 Å². The molecule has 2 saturated heterocycles. The number of carbonyl (C=O) groups excluding carboxylic acids is 2. The summed E-state index contributed by atoms with van der Waals surface area (Å²) >= 11 is 0. The Labute approximate surface area is 120 Å². The third-order valence-electron chi connectivity index (χ3n) is 5.00. The van der Waals surface area contributed by atoms with Crippen LogP contribution < -0.4 is 0 Å². The first-order valence-electron chi connectivity index (χ1n) is 7.81. The fourth-order valence-electron chi connectivity index (χ4n) is 3.81. The molecule has 0 radical (unpaired) electrons. The molecule has 0 spiro atoms. The number of ether oxygens (including phenoxy) is 1. The Hall–Kier alpha value is -1.10. The molecule has 20 heavy (non-hydrogen) atoms. The molecular formula is C15H24N2O3. The molecule has 3 fully saturated rings. The Bertz CT molecular complexity index is 393. The second-order valence-corrected chi connectivity index (χ2v) is 6.39. The third-order valence-corrected chi connectivity index (χ3v) is 5.00. The average Bonchev–Trinajstić information content (AvgIpc) is 2.88. The van der Waals surface area contributed by atoms with Crippen LogP contribution in [0.2, 0.25) is 0 Å². The number of fused-ring (bicyclic) bond motifs is 1. The van der Waals surface area contributed by atoms with Crippen LogP contribution in [0.1, 0.15) is 39.0 Å². The normalized spacial score (nSPS) is 31.6. The van der Waals surface area contributed by atoms with Crippen LogP contribution in [0.15, 0.2) is 0 Å². The molecule has 1 saturated carbocycles. The lowest BCUT2D eigenvalue weighted by Crippen LogP contribution is -2.55. The second kappa shape index (κ2) is 5.72. The van der Waals surface area contributed by atoms with Gasteiger partial charge < -0.3 is 14.5 Å². The van der Waals surface area contributed by atoms with Gasteiger partial charge in [0.25, 0.3) is 0 Å². The highest BCUT2D eigenvalue weighted by atomic mass is 16.5. The van der Waals surface area contributed by atoms with E-state index >= 15 is 0 Å². The molecule has 112 valence electrons. The molecule has 0 N–H and O–H groups in total. The van der Waals surface area contributed by atoms with Gasteiger partial charge in [0.2, 0.25) is 11.8 Å². The van der Waals surface area contributed by atoms with Crippen molar-refractivity contribution in [3.8, 4) is 0 Å². The van der Waals surface area contributed by atoms with E-state index in [1.165, 1.54) is 32.1 Å². The van der Waals surface area contributed by atoms with Gasteiger partial charge in [-0.1, -0.05) is 19.3 Å². The number of likely N-dealkylation sites (tertiary alicyclic amines) is 1. The third kappa shape index (κ3) is 2.68. The van der Waals surface area contributed by atoms with E-state index in [-0.39, 0.29) is 30.6 Å². The van der Waals surface area contributed by atoms with Crippen molar-refractivity contribution in [3.05, 3.63) is 0 Å². The number of amides is 2. The summed E-state index contributed by atoms with van der Waals surface area (Å²) in [7, 11) is 0. The van der Waals surface area contributed by atoms with Gasteiger partial charge in [-0.05, 0) is 18.8 Å². The minimum Gasteiger partial charge on any atom is -0.364 e. The molecule has 5 nitrogen and oxygen atoms in total. The van der Waals surface area contributed by atoms with E-state index in [4.69, 9.17) is 4.74 Å². The van der Waals surface area contributed by atoms with Crippen LogP contribution in [0.25, 0.3) is 0 Å². The Morgan fingerprint density at radius 2 is 2.00 bits per heavy atom. The van der Waals surface area contributed by atoms with Crippen molar-refractivity contribution in [3.63, 3.8) is 0 Å². The summed E-state index contributed by atoms with van der Waals surface area (Å²) in [5.41, 5.74) is 0. The first kappa shape index (κ1) is 13.9. The maximum Gasteiger partial charge on any atom is 0.248 e. The fourth-order valence-corrected chi connectivity index (χ4v) is 3.81. The summed E-state index contributed by atoms with van der Waals surface area (Å²) in [6, 6.07) is 0.0714. The van der Waals surface area contributed by atoms with E-state index in [9.17, 15) is 9.59 Å². The predicted octanol–water partition coefficient (Wildman–Crippen LogP) is 1.02. The Kier molecular flexibility index (Phi) is 3.96. The van der Waals surface area contributed by atoms with E-state index in [0.717, 1.165) is 6.54 Å². The van der Waals surface area contributed by atoms with Gasteiger partial charge in [0, 0.05) is 26.6 Å². The van der Waals surface area contributed by atoms with Gasteiger partial charge in [0.05, 0.1) is 12.1 Å². The molecule has 2 unspecified atom stereocenters. The lowest BCUT2D eigenvalue weighted by molar-refractivity contribution is -0.154. The smallest absolute Gasteiger partial charge is 0.248 e. The van der Waals surface area contributed by atoms with Gasteiger partial charge in [-0.2, -0.15) is 0 Å².